The fourth-order valence-corrected chi connectivity index (χ4v) is 7.48. The number of hydrogen-bond acceptors (Lipinski definition) is 11. The van der Waals surface area contributed by atoms with Gasteiger partial charge in [-0.3, -0.25) is 9.59 Å². The molecule has 13 heteroatoms. The predicted molar refractivity (Wildman–Crippen MR) is 182 cm³/mol. The van der Waals surface area contributed by atoms with Crippen LogP contribution in [-0.4, -0.2) is 67.7 Å². The molecule has 0 aliphatic carbocycles. The zero-order chi connectivity index (χ0) is 35.4. The smallest absolute Gasteiger partial charge is 0.201 e. The highest BCUT2D eigenvalue weighted by Crippen LogP contribution is 2.55. The second kappa shape index (κ2) is 10.6. The van der Waals surface area contributed by atoms with Crippen LogP contribution >= 0.6 is 0 Å². The Labute approximate surface area is 277 Å². The molecule has 7 rings (SSSR count). The molecule has 5 N–H and O–H groups in total. The first-order valence-electron chi connectivity index (χ1n) is 15.3. The first kappa shape index (κ1) is 31.8. The van der Waals surface area contributed by atoms with Crippen molar-refractivity contribution in [1.82, 2.24) is 9.13 Å². The van der Waals surface area contributed by atoms with Gasteiger partial charge in [-0.15, -0.1) is 0 Å². The molecule has 4 aromatic carbocycles. The normalized spacial score (nSPS) is 16.0. The van der Waals surface area contributed by atoms with E-state index in [0.29, 0.717) is 11.1 Å². The molecule has 1 aliphatic rings. The molecule has 0 spiro atoms. The molecule has 1 aliphatic heterocycles. The van der Waals surface area contributed by atoms with Crippen LogP contribution in [0.1, 0.15) is 30.9 Å². The largest absolute Gasteiger partial charge is 0.507 e. The van der Waals surface area contributed by atoms with Gasteiger partial charge in [0, 0.05) is 37.4 Å². The third-order valence-electron chi connectivity index (χ3n) is 9.60. The number of rotatable bonds is 5. The lowest BCUT2D eigenvalue weighted by Crippen LogP contribution is -2.42. The van der Waals surface area contributed by atoms with Crippen LogP contribution in [0.2, 0.25) is 0 Å². The molecule has 0 saturated heterocycles. The second-order valence-electron chi connectivity index (χ2n) is 12.7. The second-order valence-corrected chi connectivity index (χ2v) is 12.7. The van der Waals surface area contributed by atoms with Crippen LogP contribution in [0.25, 0.3) is 43.6 Å². The Morgan fingerprint density at radius 1 is 0.714 bits per heavy atom. The number of pyridine rings is 2. The molecule has 2 unspecified atom stereocenters. The minimum Gasteiger partial charge on any atom is -0.507 e. The van der Waals surface area contributed by atoms with Crippen LogP contribution in [0.3, 0.4) is 0 Å². The quantitative estimate of drug-likeness (QED) is 0.166. The lowest BCUT2D eigenvalue weighted by atomic mass is 9.79. The zero-order valence-electron chi connectivity index (χ0n) is 27.7. The molecular weight excluding hydrogens is 636 g/mol. The molecule has 2 aromatic heterocycles. The van der Waals surface area contributed by atoms with Gasteiger partial charge in [-0.25, -0.2) is 0 Å². The van der Waals surface area contributed by atoms with E-state index in [1.807, 2.05) is 0 Å². The summed E-state index contributed by atoms with van der Waals surface area (Å²) in [7, 11) is 7.39. The van der Waals surface area contributed by atoms with Crippen LogP contribution in [0, 0.1) is 0 Å². The average Bonchev–Trinajstić information content (AvgIpc) is 3.43. The van der Waals surface area contributed by atoms with Crippen molar-refractivity contribution in [2.45, 2.75) is 31.5 Å². The van der Waals surface area contributed by atoms with Gasteiger partial charge in [0.05, 0.1) is 76.5 Å². The summed E-state index contributed by atoms with van der Waals surface area (Å²) in [5.41, 5.74) is -1.36. The van der Waals surface area contributed by atoms with Gasteiger partial charge in [-0.1, -0.05) is 0 Å². The number of aromatic hydroxyl groups is 4. The van der Waals surface area contributed by atoms with Gasteiger partial charge < -0.3 is 53.6 Å². The molecule has 0 radical (unpaired) electrons. The minimum absolute atomic E-state index is 0.0218. The van der Waals surface area contributed by atoms with Gasteiger partial charge in [0.15, 0.2) is 23.0 Å². The van der Waals surface area contributed by atoms with Crippen LogP contribution in [0.15, 0.2) is 46.0 Å². The molecule has 2 atom stereocenters. The Morgan fingerprint density at radius 3 is 1.80 bits per heavy atom. The maximum atomic E-state index is 14.2. The highest BCUT2D eigenvalue weighted by Gasteiger charge is 2.49. The van der Waals surface area contributed by atoms with Crippen molar-refractivity contribution in [2.24, 2.45) is 14.1 Å². The Kier molecular flexibility index (Phi) is 6.87. The number of fused-ring (bicyclic) bond motifs is 6. The standard InChI is InChI=1S/C36H34N2O11/c1-36(2,45)35-26(24-21(49-35)13-19(41)23-29(24)38(4)28-15(31(23)43)9-11-18(40)34(28)48-7)25-20(46-5)12-16-22(32(25)44)30(42)14-8-10-17(39)33(47-6)27(14)37(16)3/h8-13,26,35,39-41,44-45H,1-7H3. The number of methoxy groups -OCH3 is 3. The molecule has 0 bridgehead atoms. The number of hydrogen-bond donors (Lipinski definition) is 5. The third kappa shape index (κ3) is 4.14. The maximum Gasteiger partial charge on any atom is 0.201 e. The summed E-state index contributed by atoms with van der Waals surface area (Å²) >= 11 is 0. The first-order chi connectivity index (χ1) is 23.2. The monoisotopic (exact) mass is 670 g/mol. The van der Waals surface area contributed by atoms with Crippen molar-refractivity contribution in [3.05, 3.63) is 68.0 Å². The van der Waals surface area contributed by atoms with E-state index in [4.69, 9.17) is 18.9 Å². The lowest BCUT2D eigenvalue weighted by Gasteiger charge is -2.31. The number of ether oxygens (including phenoxy) is 4. The van der Waals surface area contributed by atoms with Gasteiger partial charge >= 0.3 is 0 Å². The number of nitrogens with zero attached hydrogens (tertiary/aromatic N) is 2. The van der Waals surface area contributed by atoms with E-state index in [0.717, 1.165) is 0 Å². The molecule has 6 aromatic rings. The molecular formula is C36H34N2O11. The van der Waals surface area contributed by atoms with Gasteiger partial charge in [0.1, 0.15) is 29.1 Å². The third-order valence-corrected chi connectivity index (χ3v) is 9.60. The molecule has 13 nitrogen and oxygen atoms in total. The molecule has 254 valence electrons. The minimum atomic E-state index is -1.59. The van der Waals surface area contributed by atoms with E-state index in [1.54, 1.807) is 29.3 Å². The van der Waals surface area contributed by atoms with Gasteiger partial charge in [0.2, 0.25) is 10.9 Å². The molecule has 0 fully saturated rings. The van der Waals surface area contributed by atoms with E-state index in [1.165, 1.54) is 65.5 Å². The fraction of sp³-hybridized carbons (Fsp3) is 0.278. The SMILES string of the molecule is COc1cc2c(c(O)c1C1c3c(cc(O)c4c(=O)c5ccc(O)c(OC)c5n(C)c34)OC1C(C)(C)O)c(=O)c1ccc(O)c(OC)c1n2C. The Hall–Kier alpha value is -5.82. The van der Waals surface area contributed by atoms with E-state index in [2.05, 4.69) is 0 Å². The summed E-state index contributed by atoms with van der Waals surface area (Å²) in [4.78, 5) is 28.3. The predicted octanol–water partition coefficient (Wildman–Crippen LogP) is 4.21. The summed E-state index contributed by atoms with van der Waals surface area (Å²) in [6.45, 7) is 3.04. The number of benzene rings is 4. The highest BCUT2D eigenvalue weighted by molar-refractivity contribution is 6.04. The molecule has 0 amide bonds. The van der Waals surface area contributed by atoms with Crippen molar-refractivity contribution < 1.29 is 44.5 Å². The Morgan fingerprint density at radius 2 is 1.27 bits per heavy atom. The van der Waals surface area contributed by atoms with Crippen LogP contribution in [0.4, 0.5) is 0 Å². The molecule has 49 heavy (non-hydrogen) atoms. The topological polar surface area (TPSA) is 182 Å². The van der Waals surface area contributed by atoms with E-state index in [-0.39, 0.29) is 83.9 Å². The fourth-order valence-electron chi connectivity index (χ4n) is 7.48. The maximum absolute atomic E-state index is 14.2. The Bertz CT molecular complexity index is 2540. The van der Waals surface area contributed by atoms with Crippen LogP contribution in [-0.2, 0) is 14.1 Å². The number of phenolic OH excluding ortho intramolecular Hbond substituents is 4. The summed E-state index contributed by atoms with van der Waals surface area (Å²) in [5.74, 6) is -1.99. The van der Waals surface area contributed by atoms with Crippen molar-refractivity contribution >= 4 is 43.6 Å². The first-order valence-corrected chi connectivity index (χ1v) is 15.3. The summed E-state index contributed by atoms with van der Waals surface area (Å²) in [6, 6.07) is 8.38. The highest BCUT2D eigenvalue weighted by atomic mass is 16.5. The van der Waals surface area contributed by atoms with Gasteiger partial charge in [0.25, 0.3) is 0 Å². The number of aromatic nitrogens is 2. The van der Waals surface area contributed by atoms with Crippen molar-refractivity contribution in [1.29, 1.82) is 0 Å². The molecule has 3 heterocycles. The number of aliphatic hydroxyl groups is 1. The van der Waals surface area contributed by atoms with Crippen LogP contribution < -0.4 is 29.8 Å². The Balaban J connectivity index is 1.68. The summed E-state index contributed by atoms with van der Waals surface area (Å²) in [5, 5.41) is 56.4. The average molecular weight is 671 g/mol. The van der Waals surface area contributed by atoms with E-state index >= 15 is 0 Å². The van der Waals surface area contributed by atoms with Gasteiger partial charge in [-0.05, 0) is 38.1 Å². The van der Waals surface area contributed by atoms with E-state index < -0.39 is 34.2 Å². The van der Waals surface area contributed by atoms with Crippen LogP contribution in [0.5, 0.6) is 46.0 Å². The van der Waals surface area contributed by atoms with Crippen molar-refractivity contribution in [3.8, 4) is 46.0 Å². The summed E-state index contributed by atoms with van der Waals surface area (Å²) < 4.78 is 26.3. The van der Waals surface area contributed by atoms with Gasteiger partial charge in [-0.2, -0.15) is 0 Å². The van der Waals surface area contributed by atoms with E-state index in [9.17, 15) is 35.1 Å². The number of aryl methyl sites for hydroxylation is 2. The summed E-state index contributed by atoms with van der Waals surface area (Å²) in [6.07, 6.45) is -1.14. The van der Waals surface area contributed by atoms with Crippen molar-refractivity contribution in [2.75, 3.05) is 21.3 Å². The lowest BCUT2D eigenvalue weighted by molar-refractivity contribution is -0.0300. The van der Waals surface area contributed by atoms with Crippen molar-refractivity contribution in [3.63, 3.8) is 0 Å². The zero-order valence-corrected chi connectivity index (χ0v) is 27.7. The number of phenols is 4. The molecule has 0 saturated carbocycles.